The first kappa shape index (κ1) is 19.7. The number of carbonyl (C=O) groups is 2. The van der Waals surface area contributed by atoms with Gasteiger partial charge in [0.15, 0.2) is 6.29 Å². The number of amides is 1. The van der Waals surface area contributed by atoms with E-state index in [2.05, 4.69) is 39.4 Å². The lowest BCUT2D eigenvalue weighted by molar-refractivity contribution is -0.117. The van der Waals surface area contributed by atoms with Crippen LogP contribution in [-0.4, -0.2) is 75.1 Å². The van der Waals surface area contributed by atoms with Crippen LogP contribution in [0.4, 0.5) is 0 Å². The highest BCUT2D eigenvalue weighted by Crippen LogP contribution is 2.39. The van der Waals surface area contributed by atoms with Crippen LogP contribution in [0.2, 0.25) is 0 Å². The summed E-state index contributed by atoms with van der Waals surface area (Å²) in [6, 6.07) is 15.9. The summed E-state index contributed by atoms with van der Waals surface area (Å²) < 4.78 is 0. The quantitative estimate of drug-likeness (QED) is 0.623. The Balaban J connectivity index is 1.21. The number of hydrogen-bond donors (Lipinski definition) is 2. The molecule has 1 amide bonds. The fourth-order valence-electron chi connectivity index (χ4n) is 4.31. The molecule has 1 aliphatic heterocycles. The molecule has 31 heavy (non-hydrogen) atoms. The monoisotopic (exact) mass is 416 g/mol. The van der Waals surface area contributed by atoms with Gasteiger partial charge in [-0.15, -0.1) is 0 Å². The summed E-state index contributed by atoms with van der Waals surface area (Å²) >= 11 is 0. The predicted octanol–water partition coefficient (Wildman–Crippen LogP) is 2.20. The van der Waals surface area contributed by atoms with Crippen molar-refractivity contribution < 1.29 is 14.7 Å². The number of piperazine rings is 1. The molecule has 2 atom stereocenters. The van der Waals surface area contributed by atoms with Crippen molar-refractivity contribution in [3.8, 4) is 22.3 Å². The van der Waals surface area contributed by atoms with E-state index in [-0.39, 0.29) is 11.9 Å². The Labute approximate surface area is 180 Å². The second-order valence-corrected chi connectivity index (χ2v) is 8.30. The van der Waals surface area contributed by atoms with E-state index < -0.39 is 5.60 Å². The molecule has 5 rings (SSSR count). The summed E-state index contributed by atoms with van der Waals surface area (Å²) in [4.78, 5) is 27.8. The van der Waals surface area contributed by atoms with Crippen molar-refractivity contribution in [3.05, 3.63) is 66.5 Å². The van der Waals surface area contributed by atoms with Crippen molar-refractivity contribution in [1.82, 2.24) is 20.0 Å². The van der Waals surface area contributed by atoms with Crippen LogP contribution in [0.1, 0.15) is 16.8 Å². The Bertz CT molecular complexity index is 1070. The van der Waals surface area contributed by atoms with Crippen LogP contribution in [0, 0.1) is 0 Å². The van der Waals surface area contributed by atoms with Gasteiger partial charge in [-0.1, -0.05) is 36.4 Å². The van der Waals surface area contributed by atoms with Crippen LogP contribution in [-0.2, 0) is 4.79 Å². The molecule has 2 fully saturated rings. The van der Waals surface area contributed by atoms with E-state index in [9.17, 15) is 14.7 Å². The molecule has 1 saturated heterocycles. The lowest BCUT2D eigenvalue weighted by Gasteiger charge is -2.35. The van der Waals surface area contributed by atoms with Crippen LogP contribution < -0.4 is 0 Å². The number of H-pyrrole nitrogens is 1. The third-order valence-corrected chi connectivity index (χ3v) is 6.37. The molecule has 1 aliphatic carbocycles. The van der Waals surface area contributed by atoms with Crippen molar-refractivity contribution in [2.45, 2.75) is 18.1 Å². The maximum atomic E-state index is 12.9. The Morgan fingerprint density at radius 2 is 1.55 bits per heavy atom. The first-order valence-electron chi connectivity index (χ1n) is 10.5. The molecule has 0 spiro atoms. The van der Waals surface area contributed by atoms with E-state index >= 15 is 0 Å². The van der Waals surface area contributed by atoms with Gasteiger partial charge in [0.25, 0.3) is 5.91 Å². The molecular formula is C24H24N4O3. The Hall–Kier alpha value is -3.29. The van der Waals surface area contributed by atoms with E-state index in [0.29, 0.717) is 44.4 Å². The van der Waals surface area contributed by atoms with Gasteiger partial charge >= 0.3 is 0 Å². The zero-order chi connectivity index (χ0) is 21.4. The van der Waals surface area contributed by atoms with Crippen LogP contribution >= 0.6 is 0 Å². The van der Waals surface area contributed by atoms with Crippen LogP contribution in [0.5, 0.6) is 0 Å². The molecular weight excluding hydrogens is 392 g/mol. The van der Waals surface area contributed by atoms with Gasteiger partial charge in [-0.25, -0.2) is 0 Å². The molecule has 2 heterocycles. The van der Waals surface area contributed by atoms with E-state index in [1.807, 2.05) is 35.4 Å². The first-order valence-corrected chi connectivity index (χ1v) is 10.5. The zero-order valence-electron chi connectivity index (χ0n) is 17.1. The smallest absolute Gasteiger partial charge is 0.253 e. The van der Waals surface area contributed by atoms with E-state index in [0.717, 1.165) is 22.3 Å². The summed E-state index contributed by atoms with van der Waals surface area (Å²) in [5.74, 6) is 0.0166. The molecule has 2 aromatic carbocycles. The van der Waals surface area contributed by atoms with Gasteiger partial charge < -0.3 is 14.8 Å². The molecule has 0 radical (unpaired) electrons. The summed E-state index contributed by atoms with van der Waals surface area (Å²) in [7, 11) is 0. The number of aromatic amines is 1. The molecule has 158 valence electrons. The Kier molecular flexibility index (Phi) is 4.92. The topological polar surface area (TPSA) is 89.5 Å². The summed E-state index contributed by atoms with van der Waals surface area (Å²) in [5.41, 5.74) is 3.78. The van der Waals surface area contributed by atoms with E-state index in [1.165, 1.54) is 0 Å². The van der Waals surface area contributed by atoms with Crippen LogP contribution in [0.3, 0.4) is 0 Å². The van der Waals surface area contributed by atoms with Crippen molar-refractivity contribution in [3.63, 3.8) is 0 Å². The summed E-state index contributed by atoms with van der Waals surface area (Å²) in [6.45, 7) is 2.55. The number of aldehydes is 1. The zero-order valence-corrected chi connectivity index (χ0v) is 17.1. The van der Waals surface area contributed by atoms with Crippen LogP contribution in [0.15, 0.2) is 60.9 Å². The molecule has 0 bridgehead atoms. The molecule has 7 heteroatoms. The largest absolute Gasteiger partial charge is 0.381 e. The molecule has 2 aliphatic rings. The SMILES string of the molecule is O=CC1(O)CC1N1CCN(C(=O)c2ccc(-c3ccc(-c4cn[nH]c4)cc3)cc2)CC1. The minimum Gasteiger partial charge on any atom is -0.381 e. The van der Waals surface area contributed by atoms with Gasteiger partial charge in [-0.05, 0) is 28.8 Å². The molecule has 1 saturated carbocycles. The van der Waals surface area contributed by atoms with Crippen molar-refractivity contribution in [1.29, 1.82) is 0 Å². The number of hydrogen-bond acceptors (Lipinski definition) is 5. The second-order valence-electron chi connectivity index (χ2n) is 8.30. The molecule has 2 unspecified atom stereocenters. The van der Waals surface area contributed by atoms with Gasteiger partial charge in [0, 0.05) is 56.0 Å². The minimum atomic E-state index is -1.18. The number of aliphatic hydroxyl groups is 1. The summed E-state index contributed by atoms with van der Waals surface area (Å²) in [5, 5.41) is 16.8. The maximum absolute atomic E-state index is 12.9. The van der Waals surface area contributed by atoms with Crippen LogP contribution in [0.25, 0.3) is 22.3 Å². The van der Waals surface area contributed by atoms with Crippen molar-refractivity contribution in [2.75, 3.05) is 26.2 Å². The first-order chi connectivity index (χ1) is 15.1. The fourth-order valence-corrected chi connectivity index (χ4v) is 4.31. The van der Waals surface area contributed by atoms with E-state index in [1.54, 1.807) is 6.20 Å². The van der Waals surface area contributed by atoms with Gasteiger partial charge in [-0.3, -0.25) is 14.8 Å². The average molecular weight is 416 g/mol. The number of nitrogens with zero attached hydrogens (tertiary/aromatic N) is 3. The number of aromatic nitrogens is 2. The Morgan fingerprint density at radius 1 is 0.968 bits per heavy atom. The highest BCUT2D eigenvalue weighted by atomic mass is 16.3. The van der Waals surface area contributed by atoms with Crippen molar-refractivity contribution in [2.24, 2.45) is 0 Å². The van der Waals surface area contributed by atoms with E-state index in [4.69, 9.17) is 0 Å². The minimum absolute atomic E-state index is 0.0166. The molecule has 1 aromatic heterocycles. The van der Waals surface area contributed by atoms with Gasteiger partial charge in [0.05, 0.1) is 6.20 Å². The standard InChI is InChI=1S/C24H24N4O3/c29-16-24(31)13-22(24)27-9-11-28(12-10-27)23(30)20-7-5-18(6-8-20)17-1-3-19(4-2-17)21-14-25-26-15-21/h1-8,14-16,22,31H,9-13H2,(H,25,26). The highest BCUT2D eigenvalue weighted by molar-refractivity contribution is 5.94. The fraction of sp³-hybridized carbons (Fsp3) is 0.292. The summed E-state index contributed by atoms with van der Waals surface area (Å²) in [6.07, 6.45) is 4.79. The maximum Gasteiger partial charge on any atom is 0.253 e. The third kappa shape index (κ3) is 3.78. The molecule has 7 nitrogen and oxygen atoms in total. The number of carbonyl (C=O) groups excluding carboxylic acids is 2. The predicted molar refractivity (Wildman–Crippen MR) is 116 cm³/mol. The number of rotatable bonds is 5. The number of benzene rings is 2. The highest BCUT2D eigenvalue weighted by Gasteiger charge is 2.56. The molecule has 2 N–H and O–H groups in total. The van der Waals surface area contributed by atoms with Gasteiger partial charge in [0.1, 0.15) is 5.60 Å². The number of nitrogens with one attached hydrogen (secondary N) is 1. The Morgan fingerprint density at radius 3 is 2.06 bits per heavy atom. The normalized spacial score (nSPS) is 23.5. The lowest BCUT2D eigenvalue weighted by atomic mass is 10.0. The second kappa shape index (κ2) is 7.76. The van der Waals surface area contributed by atoms with Gasteiger partial charge in [0.2, 0.25) is 0 Å². The van der Waals surface area contributed by atoms with Gasteiger partial charge in [-0.2, -0.15) is 5.10 Å². The molecule has 3 aromatic rings. The third-order valence-electron chi connectivity index (χ3n) is 6.37. The lowest BCUT2D eigenvalue weighted by Crippen LogP contribution is -2.50. The van der Waals surface area contributed by atoms with Crippen molar-refractivity contribution >= 4 is 12.2 Å². The average Bonchev–Trinajstić information content (AvgIpc) is 3.22.